The van der Waals surface area contributed by atoms with E-state index >= 15 is 0 Å². The van der Waals surface area contributed by atoms with Crippen LogP contribution in [-0.4, -0.2) is 51.2 Å². The third-order valence-corrected chi connectivity index (χ3v) is 4.22. The zero-order valence-electron chi connectivity index (χ0n) is 15.7. The zero-order chi connectivity index (χ0) is 20.0. The summed E-state index contributed by atoms with van der Waals surface area (Å²) in [4.78, 5) is 38.1. The SMILES string of the molecule is C=CCNC(=O)[C@H](C)OC(=O)[C@H]1CC(=O)N(c2ccc(OC)cc2OC)C1. The van der Waals surface area contributed by atoms with Crippen molar-refractivity contribution in [3.05, 3.63) is 30.9 Å². The van der Waals surface area contributed by atoms with E-state index in [1.54, 1.807) is 18.2 Å². The molecule has 1 aliphatic heterocycles. The van der Waals surface area contributed by atoms with Gasteiger partial charge >= 0.3 is 5.97 Å². The number of nitrogens with one attached hydrogen (secondary N) is 1. The maximum atomic E-state index is 12.4. The Balaban J connectivity index is 2.05. The Hall–Kier alpha value is -3.03. The molecule has 1 aromatic rings. The molecule has 27 heavy (non-hydrogen) atoms. The molecule has 146 valence electrons. The van der Waals surface area contributed by atoms with E-state index in [1.165, 1.54) is 32.1 Å². The molecule has 0 saturated carbocycles. The third-order valence-electron chi connectivity index (χ3n) is 4.22. The molecule has 8 nitrogen and oxygen atoms in total. The Morgan fingerprint density at radius 1 is 1.37 bits per heavy atom. The second kappa shape index (κ2) is 9.07. The largest absolute Gasteiger partial charge is 0.497 e. The molecule has 1 aliphatic rings. The van der Waals surface area contributed by atoms with Crippen LogP contribution in [0.5, 0.6) is 11.5 Å². The first-order valence-corrected chi connectivity index (χ1v) is 8.52. The van der Waals surface area contributed by atoms with Crippen molar-refractivity contribution >= 4 is 23.5 Å². The number of ether oxygens (including phenoxy) is 3. The van der Waals surface area contributed by atoms with E-state index in [0.29, 0.717) is 17.2 Å². The van der Waals surface area contributed by atoms with E-state index in [2.05, 4.69) is 11.9 Å². The summed E-state index contributed by atoms with van der Waals surface area (Å²) in [7, 11) is 3.03. The van der Waals surface area contributed by atoms with Crippen LogP contribution >= 0.6 is 0 Å². The Kier molecular flexibility index (Phi) is 6.81. The number of nitrogens with zero attached hydrogens (tertiary/aromatic N) is 1. The van der Waals surface area contributed by atoms with Gasteiger partial charge in [0.2, 0.25) is 5.91 Å². The molecule has 1 fully saturated rings. The summed E-state index contributed by atoms with van der Waals surface area (Å²) in [6, 6.07) is 5.08. The summed E-state index contributed by atoms with van der Waals surface area (Å²) in [6.45, 7) is 5.43. The van der Waals surface area contributed by atoms with Crippen LogP contribution in [0.4, 0.5) is 5.69 Å². The second-order valence-electron chi connectivity index (χ2n) is 6.06. The molecule has 2 atom stereocenters. The van der Waals surface area contributed by atoms with Crippen molar-refractivity contribution in [2.24, 2.45) is 5.92 Å². The van der Waals surface area contributed by atoms with E-state index in [-0.39, 0.29) is 25.4 Å². The van der Waals surface area contributed by atoms with Gasteiger partial charge in [-0.2, -0.15) is 0 Å². The van der Waals surface area contributed by atoms with Crippen LogP contribution in [0.1, 0.15) is 13.3 Å². The number of esters is 1. The summed E-state index contributed by atoms with van der Waals surface area (Å²) in [6.07, 6.45) is 0.592. The van der Waals surface area contributed by atoms with Crippen LogP contribution in [0.15, 0.2) is 30.9 Å². The summed E-state index contributed by atoms with van der Waals surface area (Å²) >= 11 is 0. The lowest BCUT2D eigenvalue weighted by Crippen LogP contribution is -2.37. The third kappa shape index (κ3) is 4.78. The number of hydrogen-bond donors (Lipinski definition) is 1. The summed E-state index contributed by atoms with van der Waals surface area (Å²) < 4.78 is 15.7. The summed E-state index contributed by atoms with van der Waals surface area (Å²) in [5.41, 5.74) is 0.551. The van der Waals surface area contributed by atoms with Crippen LogP contribution < -0.4 is 19.7 Å². The van der Waals surface area contributed by atoms with Gasteiger partial charge in [-0.15, -0.1) is 6.58 Å². The van der Waals surface area contributed by atoms with E-state index in [9.17, 15) is 14.4 Å². The smallest absolute Gasteiger partial charge is 0.312 e. The molecule has 0 aliphatic carbocycles. The fraction of sp³-hybridized carbons (Fsp3) is 0.421. The minimum absolute atomic E-state index is 0.00894. The van der Waals surface area contributed by atoms with Crippen LogP contribution in [-0.2, 0) is 19.1 Å². The van der Waals surface area contributed by atoms with E-state index in [0.717, 1.165) is 0 Å². The Morgan fingerprint density at radius 3 is 2.74 bits per heavy atom. The molecular formula is C19H24N2O6. The predicted molar refractivity (Wildman–Crippen MR) is 98.8 cm³/mol. The maximum Gasteiger partial charge on any atom is 0.312 e. The highest BCUT2D eigenvalue weighted by atomic mass is 16.5. The lowest BCUT2D eigenvalue weighted by molar-refractivity contribution is -0.158. The first-order chi connectivity index (χ1) is 12.9. The van der Waals surface area contributed by atoms with Crippen molar-refractivity contribution in [2.45, 2.75) is 19.4 Å². The van der Waals surface area contributed by atoms with E-state index in [1.807, 2.05) is 0 Å². The van der Waals surface area contributed by atoms with E-state index < -0.39 is 23.9 Å². The van der Waals surface area contributed by atoms with Crippen LogP contribution in [0.3, 0.4) is 0 Å². The van der Waals surface area contributed by atoms with Crippen molar-refractivity contribution in [3.8, 4) is 11.5 Å². The Morgan fingerprint density at radius 2 is 2.11 bits per heavy atom. The first kappa shape index (κ1) is 20.3. The molecule has 0 aromatic heterocycles. The highest BCUT2D eigenvalue weighted by Crippen LogP contribution is 2.36. The van der Waals surface area contributed by atoms with Gasteiger partial charge in [0.1, 0.15) is 11.5 Å². The van der Waals surface area contributed by atoms with Gasteiger partial charge < -0.3 is 24.4 Å². The maximum absolute atomic E-state index is 12.4. The number of benzene rings is 1. The van der Waals surface area contributed by atoms with Gasteiger partial charge in [0.15, 0.2) is 6.10 Å². The average molecular weight is 376 g/mol. The molecule has 0 spiro atoms. The number of anilines is 1. The lowest BCUT2D eigenvalue weighted by atomic mass is 10.1. The van der Waals surface area contributed by atoms with Crippen molar-refractivity contribution in [1.82, 2.24) is 5.32 Å². The number of methoxy groups -OCH3 is 2. The van der Waals surface area contributed by atoms with Crippen molar-refractivity contribution in [1.29, 1.82) is 0 Å². The number of rotatable bonds is 8. The predicted octanol–water partition coefficient (Wildman–Crippen LogP) is 1.29. The average Bonchev–Trinajstić information content (AvgIpc) is 3.06. The van der Waals surface area contributed by atoms with Crippen molar-refractivity contribution in [3.63, 3.8) is 0 Å². The molecule has 0 radical (unpaired) electrons. The molecule has 0 unspecified atom stereocenters. The van der Waals surface area contributed by atoms with Gasteiger partial charge in [-0.25, -0.2) is 0 Å². The quantitative estimate of drug-likeness (QED) is 0.543. The standard InChI is InChI=1S/C19H24N2O6/c1-5-8-20-18(23)12(2)27-19(24)13-9-17(22)21(11-13)15-7-6-14(25-3)10-16(15)26-4/h5-7,10,12-13H,1,8-9,11H2,2-4H3,(H,20,23)/t12-,13-/m0/s1. The van der Waals surface area contributed by atoms with Crippen LogP contribution in [0.2, 0.25) is 0 Å². The molecule has 8 heteroatoms. The number of carbonyl (C=O) groups is 3. The summed E-state index contributed by atoms with van der Waals surface area (Å²) in [5.74, 6) is -0.810. The molecule has 2 rings (SSSR count). The van der Waals surface area contributed by atoms with Gasteiger partial charge in [-0.05, 0) is 19.1 Å². The minimum atomic E-state index is -0.947. The molecule has 1 aromatic carbocycles. The van der Waals surface area contributed by atoms with Crippen molar-refractivity contribution in [2.75, 3.05) is 32.2 Å². The normalized spacial score (nSPS) is 17.2. The van der Waals surface area contributed by atoms with Crippen LogP contribution in [0, 0.1) is 5.92 Å². The second-order valence-corrected chi connectivity index (χ2v) is 6.06. The van der Waals surface area contributed by atoms with Gasteiger partial charge in [0.05, 0.1) is 25.8 Å². The zero-order valence-corrected chi connectivity index (χ0v) is 15.7. The van der Waals surface area contributed by atoms with Crippen molar-refractivity contribution < 1.29 is 28.6 Å². The highest BCUT2D eigenvalue weighted by Gasteiger charge is 2.38. The summed E-state index contributed by atoms with van der Waals surface area (Å²) in [5, 5.41) is 2.56. The fourth-order valence-corrected chi connectivity index (χ4v) is 2.75. The lowest BCUT2D eigenvalue weighted by Gasteiger charge is -2.20. The molecule has 1 saturated heterocycles. The fourth-order valence-electron chi connectivity index (χ4n) is 2.75. The Bertz CT molecular complexity index is 733. The molecular weight excluding hydrogens is 352 g/mol. The van der Waals surface area contributed by atoms with Crippen LogP contribution in [0.25, 0.3) is 0 Å². The number of carbonyl (C=O) groups excluding carboxylic acids is 3. The highest BCUT2D eigenvalue weighted by molar-refractivity contribution is 6.00. The van der Waals surface area contributed by atoms with E-state index in [4.69, 9.17) is 14.2 Å². The Labute approximate surface area is 158 Å². The molecule has 1 heterocycles. The molecule has 0 bridgehead atoms. The van der Waals surface area contributed by atoms with Gasteiger partial charge in [0.25, 0.3) is 5.91 Å². The first-order valence-electron chi connectivity index (χ1n) is 8.52. The van der Waals surface area contributed by atoms with Gasteiger partial charge in [0, 0.05) is 25.6 Å². The molecule has 2 amide bonds. The number of hydrogen-bond acceptors (Lipinski definition) is 6. The van der Waals surface area contributed by atoms with Gasteiger partial charge in [-0.1, -0.05) is 6.08 Å². The molecule has 1 N–H and O–H groups in total. The monoisotopic (exact) mass is 376 g/mol. The number of amides is 2. The topological polar surface area (TPSA) is 94.2 Å². The van der Waals surface area contributed by atoms with Gasteiger partial charge in [-0.3, -0.25) is 14.4 Å². The minimum Gasteiger partial charge on any atom is -0.497 e.